The van der Waals surface area contributed by atoms with Crippen molar-refractivity contribution in [2.24, 2.45) is 4.99 Å². The lowest BCUT2D eigenvalue weighted by atomic mass is 10.0. The average molecular weight is 404 g/mol. The molecule has 2 rings (SSSR count). The fourth-order valence-corrected chi connectivity index (χ4v) is 3.05. The van der Waals surface area contributed by atoms with E-state index in [0.717, 1.165) is 55.5 Å². The smallest absolute Gasteiger partial charge is 0.205 e. The molecule has 4 nitrogen and oxygen atoms in total. The molecule has 0 aliphatic heterocycles. The molecule has 6 heteroatoms. The Morgan fingerprint density at radius 3 is 2.52 bits per heavy atom. The first-order chi connectivity index (χ1) is 13.2. The molecule has 2 aromatic rings. The predicted octanol–water partition coefficient (Wildman–Crippen LogP) is 6.27. The van der Waals surface area contributed by atoms with E-state index < -0.39 is 0 Å². The molecule has 0 aliphatic rings. The largest absolute Gasteiger partial charge is 0.494 e. The highest BCUT2D eigenvalue weighted by Crippen LogP contribution is 2.16. The van der Waals surface area contributed by atoms with Gasteiger partial charge in [0.05, 0.1) is 6.61 Å². The van der Waals surface area contributed by atoms with Crippen LogP contribution in [-0.4, -0.2) is 17.3 Å². The van der Waals surface area contributed by atoms with Crippen LogP contribution >= 0.6 is 23.2 Å². The number of halogens is 2. The molecular formula is C21H23Cl2N3O. The minimum absolute atomic E-state index is 0.463. The summed E-state index contributed by atoms with van der Waals surface area (Å²) in [7, 11) is 0. The Balaban J connectivity index is 1.58. The number of aliphatic imine (C=N–C) groups is 1. The molecule has 0 N–H and O–H groups in total. The third kappa shape index (κ3) is 8.90. The van der Waals surface area contributed by atoms with Crippen LogP contribution in [0.3, 0.4) is 0 Å². The minimum Gasteiger partial charge on any atom is -0.494 e. The quantitative estimate of drug-likeness (QED) is 0.192. The molecule has 0 bridgehead atoms. The van der Waals surface area contributed by atoms with Crippen LogP contribution in [0.25, 0.3) is 0 Å². The zero-order valence-electron chi connectivity index (χ0n) is 15.2. The number of benzene rings is 1. The molecule has 1 aromatic heterocycles. The van der Waals surface area contributed by atoms with Gasteiger partial charge < -0.3 is 4.74 Å². The van der Waals surface area contributed by atoms with Crippen molar-refractivity contribution in [3.8, 4) is 11.9 Å². The zero-order valence-corrected chi connectivity index (χ0v) is 16.7. The third-order valence-corrected chi connectivity index (χ3v) is 4.56. The van der Waals surface area contributed by atoms with Crippen LogP contribution < -0.4 is 4.74 Å². The Morgan fingerprint density at radius 2 is 1.78 bits per heavy atom. The van der Waals surface area contributed by atoms with Gasteiger partial charge in [0.25, 0.3) is 0 Å². The molecule has 142 valence electrons. The Morgan fingerprint density at radius 1 is 1.04 bits per heavy atom. The van der Waals surface area contributed by atoms with Gasteiger partial charge in [0.2, 0.25) is 6.19 Å². The van der Waals surface area contributed by atoms with E-state index in [9.17, 15) is 0 Å². The van der Waals surface area contributed by atoms with Gasteiger partial charge in [-0.25, -0.2) is 4.98 Å². The number of pyridine rings is 1. The molecule has 0 unspecified atom stereocenters. The van der Waals surface area contributed by atoms with Gasteiger partial charge in [-0.3, -0.25) is 0 Å². The number of ether oxygens (including phenoxy) is 1. The normalized spacial score (nSPS) is 11.2. The van der Waals surface area contributed by atoms with Gasteiger partial charge in [-0.1, -0.05) is 42.5 Å². The van der Waals surface area contributed by atoms with Crippen LogP contribution in [-0.2, 0) is 6.42 Å². The number of unbranched alkanes of at least 4 members (excludes halogenated alkanes) is 4. The molecule has 0 fully saturated rings. The second-order valence-electron chi connectivity index (χ2n) is 6.26. The summed E-state index contributed by atoms with van der Waals surface area (Å²) < 4.78 is 5.68. The molecule has 27 heavy (non-hydrogen) atoms. The number of nitrogens with zero attached hydrogens (tertiary/aromatic N) is 3. The van der Waals surface area contributed by atoms with E-state index >= 15 is 0 Å². The van der Waals surface area contributed by atoms with E-state index in [4.69, 9.17) is 33.2 Å². The first-order valence-corrected chi connectivity index (χ1v) is 9.86. The van der Waals surface area contributed by atoms with Gasteiger partial charge >= 0.3 is 0 Å². The van der Waals surface area contributed by atoms with Gasteiger partial charge in [0.15, 0.2) is 0 Å². The van der Waals surface area contributed by atoms with Gasteiger partial charge in [-0.05, 0) is 61.2 Å². The highest BCUT2D eigenvalue weighted by Gasteiger charge is 2.04. The maximum absolute atomic E-state index is 8.88. The molecule has 1 aromatic carbocycles. The summed E-state index contributed by atoms with van der Waals surface area (Å²) in [6.45, 7) is 0.714. The second kappa shape index (κ2) is 12.3. The van der Waals surface area contributed by atoms with Crippen molar-refractivity contribution in [3.63, 3.8) is 0 Å². The van der Waals surface area contributed by atoms with E-state index in [0.29, 0.717) is 23.2 Å². The van der Waals surface area contributed by atoms with Crippen LogP contribution in [0, 0.1) is 11.5 Å². The molecule has 0 spiro atoms. The first-order valence-electron chi connectivity index (χ1n) is 9.10. The van der Waals surface area contributed by atoms with Crippen molar-refractivity contribution < 1.29 is 4.74 Å². The molecule has 1 heterocycles. The van der Waals surface area contributed by atoms with E-state index in [1.165, 1.54) is 0 Å². The standard InChI is InChI=1S/C21H23Cl2N3O/c22-18-7-9-20(10-8-18)27-13-5-3-1-2-4-6-19(26-16-24)14-17-11-12-25-21(23)15-17/h7-12,15H,1-6,13-14H2. The second-order valence-corrected chi connectivity index (χ2v) is 7.09. The highest BCUT2D eigenvalue weighted by atomic mass is 35.5. The lowest BCUT2D eigenvalue weighted by Gasteiger charge is -2.07. The Kier molecular flexibility index (Phi) is 9.68. The van der Waals surface area contributed by atoms with Crippen LogP contribution in [0.5, 0.6) is 5.75 Å². The summed E-state index contributed by atoms with van der Waals surface area (Å²) in [6, 6.07) is 11.1. The lowest BCUT2D eigenvalue weighted by molar-refractivity contribution is 0.304. The van der Waals surface area contributed by atoms with Crippen LogP contribution in [0.15, 0.2) is 47.6 Å². The first kappa shape index (κ1) is 21.2. The maximum atomic E-state index is 8.88. The van der Waals surface area contributed by atoms with Crippen molar-refractivity contribution in [1.82, 2.24) is 4.98 Å². The average Bonchev–Trinajstić information content (AvgIpc) is 2.65. The molecule has 0 radical (unpaired) electrons. The number of rotatable bonds is 11. The minimum atomic E-state index is 0.463. The van der Waals surface area contributed by atoms with E-state index in [1.54, 1.807) is 6.20 Å². The van der Waals surface area contributed by atoms with Crippen LogP contribution in [0.2, 0.25) is 10.2 Å². The molecule has 0 amide bonds. The predicted molar refractivity (Wildman–Crippen MR) is 111 cm³/mol. The van der Waals surface area contributed by atoms with Crippen molar-refractivity contribution >= 4 is 28.9 Å². The third-order valence-electron chi connectivity index (χ3n) is 4.10. The Labute approximate surface area is 170 Å². The highest BCUT2D eigenvalue weighted by molar-refractivity contribution is 6.30. The number of aromatic nitrogens is 1. The fraction of sp³-hybridized carbons (Fsp3) is 0.381. The molecule has 0 atom stereocenters. The lowest BCUT2D eigenvalue weighted by Crippen LogP contribution is -2.03. The van der Waals surface area contributed by atoms with E-state index in [2.05, 4.69) is 9.98 Å². The monoisotopic (exact) mass is 403 g/mol. The molecule has 0 aliphatic carbocycles. The summed E-state index contributed by atoms with van der Waals surface area (Å²) in [5, 5.41) is 10.1. The van der Waals surface area contributed by atoms with Crippen molar-refractivity contribution in [3.05, 3.63) is 58.3 Å². The number of hydrogen-bond acceptors (Lipinski definition) is 4. The van der Waals surface area contributed by atoms with Crippen molar-refractivity contribution in [1.29, 1.82) is 5.26 Å². The topological polar surface area (TPSA) is 58.3 Å². The fourth-order valence-electron chi connectivity index (χ4n) is 2.72. The maximum Gasteiger partial charge on any atom is 0.205 e. The SMILES string of the molecule is N#CN=C(CCCCCCCOc1ccc(Cl)cc1)Cc1ccnc(Cl)c1. The molecule has 0 saturated carbocycles. The van der Waals surface area contributed by atoms with E-state index in [1.807, 2.05) is 42.6 Å². The van der Waals surface area contributed by atoms with Crippen LogP contribution in [0.4, 0.5) is 0 Å². The molecular weight excluding hydrogens is 381 g/mol. The van der Waals surface area contributed by atoms with E-state index in [-0.39, 0.29) is 0 Å². The summed E-state index contributed by atoms with van der Waals surface area (Å²) in [4.78, 5) is 7.94. The zero-order chi connectivity index (χ0) is 19.3. The van der Waals surface area contributed by atoms with Gasteiger partial charge in [0, 0.05) is 23.4 Å². The Hall–Kier alpha value is -2.09. The van der Waals surface area contributed by atoms with Gasteiger partial charge in [-0.15, -0.1) is 0 Å². The van der Waals surface area contributed by atoms with Crippen molar-refractivity contribution in [2.75, 3.05) is 6.61 Å². The van der Waals surface area contributed by atoms with Gasteiger partial charge in [-0.2, -0.15) is 10.3 Å². The summed E-state index contributed by atoms with van der Waals surface area (Å²) in [5.41, 5.74) is 1.93. The summed E-state index contributed by atoms with van der Waals surface area (Å²) in [5.74, 6) is 0.855. The van der Waals surface area contributed by atoms with Crippen LogP contribution in [0.1, 0.15) is 44.1 Å². The van der Waals surface area contributed by atoms with Crippen molar-refractivity contribution in [2.45, 2.75) is 44.9 Å². The number of hydrogen-bond donors (Lipinski definition) is 0. The Bertz CT molecular complexity index is 770. The molecule has 0 saturated heterocycles. The van der Waals surface area contributed by atoms with Gasteiger partial charge in [0.1, 0.15) is 10.9 Å². The summed E-state index contributed by atoms with van der Waals surface area (Å²) in [6.07, 6.45) is 10.5. The summed E-state index contributed by atoms with van der Waals surface area (Å²) >= 11 is 11.8. The number of nitriles is 1.